The van der Waals surface area contributed by atoms with E-state index in [1.165, 1.54) is 29.2 Å². The number of carbonyl (C=O) groups is 2. The van der Waals surface area contributed by atoms with Gasteiger partial charge in [-0.3, -0.25) is 13.9 Å². The Kier molecular flexibility index (Phi) is 10.1. The maximum atomic E-state index is 14.0. The van der Waals surface area contributed by atoms with Gasteiger partial charge in [0.15, 0.2) is 0 Å². The molecule has 0 spiro atoms. The topological polar surface area (TPSA) is 96.0 Å². The molecule has 0 aliphatic carbocycles. The van der Waals surface area contributed by atoms with Crippen molar-refractivity contribution < 1.29 is 22.7 Å². The minimum atomic E-state index is -4.25. The molecular weight excluding hydrogens is 573 g/mol. The van der Waals surface area contributed by atoms with Crippen LogP contribution in [0, 0.1) is 0 Å². The maximum absolute atomic E-state index is 14.0. The molecule has 0 saturated carbocycles. The number of ether oxygens (including phenoxy) is 1. The van der Waals surface area contributed by atoms with E-state index in [0.717, 1.165) is 9.87 Å². The Hall–Kier alpha value is -3.27. The van der Waals surface area contributed by atoms with Crippen molar-refractivity contribution in [3.63, 3.8) is 0 Å². The third-order valence-corrected chi connectivity index (χ3v) is 8.57. The first-order valence-corrected chi connectivity index (χ1v) is 14.7. The Balaban J connectivity index is 2.06. The van der Waals surface area contributed by atoms with Crippen molar-refractivity contribution in [3.8, 4) is 5.75 Å². The molecule has 1 atom stereocenters. The highest BCUT2D eigenvalue weighted by Crippen LogP contribution is 2.35. The van der Waals surface area contributed by atoms with Gasteiger partial charge in [0.1, 0.15) is 18.3 Å². The highest BCUT2D eigenvalue weighted by molar-refractivity contribution is 7.92. The molecule has 3 aromatic rings. The molecule has 0 aliphatic rings. The Bertz CT molecular complexity index is 1440. The first-order valence-electron chi connectivity index (χ1n) is 12.5. The molecule has 0 radical (unpaired) electrons. The number of carbonyl (C=O) groups excluding carboxylic acids is 2. The Morgan fingerprint density at radius 3 is 2.15 bits per heavy atom. The molecule has 0 bridgehead atoms. The molecule has 1 N–H and O–H groups in total. The lowest BCUT2D eigenvalue weighted by Crippen LogP contribution is -2.54. The molecular formula is C29H33Cl2N3O5S. The van der Waals surface area contributed by atoms with Crippen LogP contribution in [0.4, 0.5) is 5.69 Å². The second-order valence-electron chi connectivity index (χ2n) is 10.2. The van der Waals surface area contributed by atoms with Gasteiger partial charge in [-0.1, -0.05) is 59.6 Å². The van der Waals surface area contributed by atoms with E-state index in [1.54, 1.807) is 62.6 Å². The van der Waals surface area contributed by atoms with Gasteiger partial charge in [-0.15, -0.1) is 0 Å². The maximum Gasteiger partial charge on any atom is 0.264 e. The molecule has 3 aromatic carbocycles. The van der Waals surface area contributed by atoms with E-state index in [2.05, 4.69) is 5.32 Å². The van der Waals surface area contributed by atoms with Crippen molar-refractivity contribution in [2.24, 2.45) is 0 Å². The van der Waals surface area contributed by atoms with Crippen LogP contribution in [-0.2, 0) is 26.2 Å². The fourth-order valence-electron chi connectivity index (χ4n) is 3.90. The summed E-state index contributed by atoms with van der Waals surface area (Å²) in [5, 5.41) is 3.01. The van der Waals surface area contributed by atoms with Gasteiger partial charge in [0.2, 0.25) is 11.8 Å². The lowest BCUT2D eigenvalue weighted by Gasteiger charge is -2.33. The molecule has 2 amide bonds. The fourth-order valence-corrected chi connectivity index (χ4v) is 5.80. The average Bonchev–Trinajstić information content (AvgIpc) is 2.91. The van der Waals surface area contributed by atoms with Crippen LogP contribution in [0.25, 0.3) is 0 Å². The molecule has 11 heteroatoms. The molecule has 0 heterocycles. The molecule has 0 fully saturated rings. The van der Waals surface area contributed by atoms with E-state index in [-0.39, 0.29) is 33.1 Å². The summed E-state index contributed by atoms with van der Waals surface area (Å²) in [4.78, 5) is 28.5. The van der Waals surface area contributed by atoms with Gasteiger partial charge in [-0.05, 0) is 69.7 Å². The van der Waals surface area contributed by atoms with Crippen LogP contribution < -0.4 is 14.4 Å². The number of nitrogens with one attached hydrogen (secondary N) is 1. The van der Waals surface area contributed by atoms with E-state index in [1.807, 2.05) is 20.8 Å². The molecule has 0 saturated heterocycles. The lowest BCUT2D eigenvalue weighted by atomic mass is 10.1. The monoisotopic (exact) mass is 605 g/mol. The Labute approximate surface area is 245 Å². The average molecular weight is 607 g/mol. The quantitative estimate of drug-likeness (QED) is 0.328. The second kappa shape index (κ2) is 12.9. The minimum absolute atomic E-state index is 0.0169. The van der Waals surface area contributed by atoms with Gasteiger partial charge in [0.25, 0.3) is 10.0 Å². The van der Waals surface area contributed by atoms with Crippen molar-refractivity contribution in [2.45, 2.75) is 50.7 Å². The minimum Gasteiger partial charge on any atom is -0.497 e. The SMILES string of the molecule is COc1ccc(CN(C(=O)CN(c2cccc(Cl)c2Cl)S(=O)(=O)c2ccccc2)[C@H](C)C(=O)NC(C)(C)C)cc1. The van der Waals surface area contributed by atoms with Crippen molar-refractivity contribution >= 4 is 50.7 Å². The second-order valence-corrected chi connectivity index (χ2v) is 12.8. The first-order chi connectivity index (χ1) is 18.7. The number of nitrogens with zero attached hydrogens (tertiary/aromatic N) is 2. The highest BCUT2D eigenvalue weighted by Gasteiger charge is 2.34. The smallest absolute Gasteiger partial charge is 0.264 e. The van der Waals surface area contributed by atoms with Crippen molar-refractivity contribution in [3.05, 3.63) is 88.4 Å². The van der Waals surface area contributed by atoms with Crippen molar-refractivity contribution in [1.29, 1.82) is 0 Å². The molecule has 0 aromatic heterocycles. The number of anilines is 1. The summed E-state index contributed by atoms with van der Waals surface area (Å²) in [6.07, 6.45) is 0. The predicted molar refractivity (Wildman–Crippen MR) is 158 cm³/mol. The molecule has 214 valence electrons. The summed E-state index contributed by atoms with van der Waals surface area (Å²) < 4.78 is 33.8. The summed E-state index contributed by atoms with van der Waals surface area (Å²) in [6.45, 7) is 6.53. The predicted octanol–water partition coefficient (Wildman–Crippen LogP) is 5.53. The summed E-state index contributed by atoms with van der Waals surface area (Å²) in [7, 11) is -2.70. The summed E-state index contributed by atoms with van der Waals surface area (Å²) >= 11 is 12.7. The van der Waals surface area contributed by atoms with Crippen LogP contribution in [0.3, 0.4) is 0 Å². The van der Waals surface area contributed by atoms with Gasteiger partial charge in [0, 0.05) is 12.1 Å². The van der Waals surface area contributed by atoms with Crippen molar-refractivity contribution in [2.75, 3.05) is 18.0 Å². The van der Waals surface area contributed by atoms with Crippen LogP contribution in [-0.4, -0.2) is 50.4 Å². The zero-order valence-corrected chi connectivity index (χ0v) is 25.3. The Morgan fingerprint density at radius 2 is 1.57 bits per heavy atom. The van der Waals surface area contributed by atoms with E-state index in [0.29, 0.717) is 5.75 Å². The highest BCUT2D eigenvalue weighted by atomic mass is 35.5. The zero-order chi connectivity index (χ0) is 29.7. The standard InChI is InChI=1S/C29H33Cl2N3O5S/c1-20(28(36)32-29(2,3)4)33(18-21-14-16-22(39-5)17-15-21)26(35)19-34(25-13-9-12-24(30)27(25)31)40(37,38)23-10-7-6-8-11-23/h6-17,20H,18-19H2,1-5H3,(H,32,36)/t20-/m1/s1. The summed E-state index contributed by atoms with van der Waals surface area (Å²) in [6, 6.07) is 18.4. The molecule has 8 nitrogen and oxygen atoms in total. The third kappa shape index (κ3) is 7.68. The number of hydrogen-bond acceptors (Lipinski definition) is 5. The normalized spacial score (nSPS) is 12.4. The molecule has 0 aliphatic heterocycles. The first kappa shape index (κ1) is 31.3. The van der Waals surface area contributed by atoms with Crippen LogP contribution in [0.15, 0.2) is 77.7 Å². The van der Waals surface area contributed by atoms with Crippen LogP contribution in [0.2, 0.25) is 10.0 Å². The number of sulfonamides is 1. The van der Waals surface area contributed by atoms with Crippen LogP contribution >= 0.6 is 23.2 Å². The molecule has 0 unspecified atom stereocenters. The number of halogens is 2. The zero-order valence-electron chi connectivity index (χ0n) is 23.0. The largest absolute Gasteiger partial charge is 0.497 e. The van der Waals surface area contributed by atoms with E-state index in [4.69, 9.17) is 27.9 Å². The van der Waals surface area contributed by atoms with Crippen LogP contribution in [0.5, 0.6) is 5.75 Å². The molecule has 3 rings (SSSR count). The fraction of sp³-hybridized carbons (Fsp3) is 0.310. The van der Waals surface area contributed by atoms with Gasteiger partial charge in [0.05, 0.1) is 27.7 Å². The number of rotatable bonds is 10. The summed E-state index contributed by atoms with van der Waals surface area (Å²) in [5.41, 5.74) is 0.224. The van der Waals surface area contributed by atoms with Crippen LogP contribution in [0.1, 0.15) is 33.3 Å². The van der Waals surface area contributed by atoms with E-state index >= 15 is 0 Å². The van der Waals surface area contributed by atoms with Gasteiger partial charge >= 0.3 is 0 Å². The number of hydrogen-bond donors (Lipinski definition) is 1. The Morgan fingerprint density at radius 1 is 0.950 bits per heavy atom. The van der Waals surface area contributed by atoms with E-state index in [9.17, 15) is 18.0 Å². The van der Waals surface area contributed by atoms with E-state index < -0.39 is 34.1 Å². The number of amides is 2. The lowest BCUT2D eigenvalue weighted by molar-refractivity contribution is -0.140. The number of methoxy groups -OCH3 is 1. The number of benzene rings is 3. The summed E-state index contributed by atoms with van der Waals surface area (Å²) in [5.74, 6) is -0.355. The van der Waals surface area contributed by atoms with Crippen molar-refractivity contribution in [1.82, 2.24) is 10.2 Å². The third-order valence-electron chi connectivity index (χ3n) is 5.99. The van der Waals surface area contributed by atoms with Gasteiger partial charge in [-0.2, -0.15) is 0 Å². The van der Waals surface area contributed by atoms with Gasteiger partial charge in [-0.25, -0.2) is 8.42 Å². The van der Waals surface area contributed by atoms with Gasteiger partial charge < -0.3 is 15.0 Å². The molecule has 40 heavy (non-hydrogen) atoms.